The maximum absolute atomic E-state index is 11.6. The number of hydrogen-bond donors (Lipinski definition) is 1. The van der Waals surface area contributed by atoms with Gasteiger partial charge >= 0.3 is 138 Å². The van der Waals surface area contributed by atoms with Gasteiger partial charge in [-0.3, -0.25) is 0 Å². The summed E-state index contributed by atoms with van der Waals surface area (Å²) in [4.78, 5) is 2.41. The van der Waals surface area contributed by atoms with Gasteiger partial charge in [0.25, 0.3) is 0 Å². The van der Waals surface area contributed by atoms with Crippen molar-refractivity contribution < 1.29 is 5.11 Å². The monoisotopic (exact) mass is 405 g/mol. The fourth-order valence-electron chi connectivity index (χ4n) is 4.14. The molecule has 3 heteroatoms. The molecule has 0 radical (unpaired) electrons. The molecule has 2 nitrogen and oxygen atoms in total. The summed E-state index contributed by atoms with van der Waals surface area (Å²) in [7, 11) is 2.21. The van der Waals surface area contributed by atoms with E-state index in [4.69, 9.17) is 0 Å². The molecule has 0 amide bonds. The first-order valence-electron chi connectivity index (χ1n) is 9.44. The second-order valence-corrected chi connectivity index (χ2v) is 21.7. The Morgan fingerprint density at radius 3 is 1.57 bits per heavy atom. The molecular weight excluding hydrogens is 365 g/mol. The number of aliphatic hydroxyl groups is 1. The molecule has 0 saturated carbocycles. The van der Waals surface area contributed by atoms with Crippen molar-refractivity contribution in [1.29, 1.82) is 0 Å². The molecule has 1 N–H and O–H groups in total. The van der Waals surface area contributed by atoms with Crippen molar-refractivity contribution in [2.24, 2.45) is 0 Å². The molecule has 1 aliphatic rings. The van der Waals surface area contributed by atoms with Gasteiger partial charge in [0.05, 0.1) is 0 Å². The van der Waals surface area contributed by atoms with Crippen LogP contribution in [-0.4, -0.2) is 52.1 Å². The molecule has 0 spiro atoms. The van der Waals surface area contributed by atoms with Crippen LogP contribution in [0.1, 0.15) is 72.1 Å². The van der Waals surface area contributed by atoms with E-state index in [9.17, 15) is 5.11 Å². The molecule has 126 valence electrons. The quantitative estimate of drug-likeness (QED) is 0.528. The summed E-state index contributed by atoms with van der Waals surface area (Å²) >= 11 is -2.48. The van der Waals surface area contributed by atoms with Crippen molar-refractivity contribution in [2.75, 3.05) is 20.1 Å². The Morgan fingerprint density at radius 2 is 1.24 bits per heavy atom. The summed E-state index contributed by atoms with van der Waals surface area (Å²) in [5.41, 5.74) is 0. The zero-order valence-electron chi connectivity index (χ0n) is 15.1. The molecular formula is C18H39NOSn. The second kappa shape index (κ2) is 9.77. The fraction of sp³-hybridized carbons (Fsp3) is 1.00. The van der Waals surface area contributed by atoms with E-state index >= 15 is 0 Å². The minimum atomic E-state index is -2.48. The van der Waals surface area contributed by atoms with Crippen LogP contribution < -0.4 is 0 Å². The van der Waals surface area contributed by atoms with Gasteiger partial charge in [0.15, 0.2) is 0 Å². The van der Waals surface area contributed by atoms with Gasteiger partial charge in [-0.2, -0.15) is 0 Å². The molecule has 0 aliphatic carbocycles. The summed E-state index contributed by atoms with van der Waals surface area (Å²) in [6.07, 6.45) is 10.1. The van der Waals surface area contributed by atoms with E-state index in [0.717, 1.165) is 25.9 Å². The third-order valence-corrected chi connectivity index (χ3v) is 24.1. The van der Waals surface area contributed by atoms with Gasteiger partial charge < -0.3 is 0 Å². The molecule has 1 heterocycles. The molecule has 1 rings (SSSR count). The average molecular weight is 404 g/mol. The number of rotatable bonds is 10. The van der Waals surface area contributed by atoms with Crippen LogP contribution in [0.5, 0.6) is 0 Å². The van der Waals surface area contributed by atoms with Gasteiger partial charge in [-0.05, 0) is 0 Å². The minimum absolute atomic E-state index is 0.208. The number of hydrogen-bond acceptors (Lipinski definition) is 2. The topological polar surface area (TPSA) is 23.5 Å². The van der Waals surface area contributed by atoms with E-state index in [1.807, 2.05) is 0 Å². The van der Waals surface area contributed by atoms with Gasteiger partial charge in [0, 0.05) is 0 Å². The van der Waals surface area contributed by atoms with E-state index in [0.29, 0.717) is 0 Å². The second-order valence-electron chi connectivity index (χ2n) is 7.43. The Labute approximate surface area is 137 Å². The van der Waals surface area contributed by atoms with Gasteiger partial charge in [-0.25, -0.2) is 0 Å². The van der Waals surface area contributed by atoms with Crippen LogP contribution in [-0.2, 0) is 0 Å². The van der Waals surface area contributed by atoms with Crippen LogP contribution >= 0.6 is 0 Å². The number of nitrogens with zero attached hydrogens (tertiary/aromatic N) is 1. The summed E-state index contributed by atoms with van der Waals surface area (Å²) in [6, 6.07) is 0. The van der Waals surface area contributed by atoms with Gasteiger partial charge in [-0.1, -0.05) is 0 Å². The molecule has 21 heavy (non-hydrogen) atoms. The van der Waals surface area contributed by atoms with E-state index in [1.165, 1.54) is 51.8 Å². The normalized spacial score (nSPS) is 19.9. The Hall–Kier alpha value is 0.719. The molecule has 0 aromatic rings. The first-order valence-corrected chi connectivity index (χ1v) is 16.9. The average Bonchev–Trinajstić information content (AvgIpc) is 2.50. The molecule has 0 aromatic carbocycles. The van der Waals surface area contributed by atoms with E-state index in [2.05, 4.69) is 32.7 Å². The van der Waals surface area contributed by atoms with Crippen molar-refractivity contribution in [1.82, 2.24) is 4.90 Å². The molecule has 0 aromatic heterocycles. The molecule has 0 bridgehead atoms. The molecule has 0 atom stereocenters. The summed E-state index contributed by atoms with van der Waals surface area (Å²) in [5, 5.41) is 11.6. The molecule has 0 unspecified atom stereocenters. The fourth-order valence-corrected chi connectivity index (χ4v) is 22.7. The molecule has 1 aliphatic heterocycles. The zero-order valence-corrected chi connectivity index (χ0v) is 17.9. The number of likely N-dealkylation sites (tertiary alicyclic amines) is 1. The van der Waals surface area contributed by atoms with Crippen molar-refractivity contribution in [3.63, 3.8) is 0 Å². The third kappa shape index (κ3) is 5.38. The third-order valence-electron chi connectivity index (χ3n) is 5.83. The molecule has 1 fully saturated rings. The Bertz CT molecular complexity index is 253. The van der Waals surface area contributed by atoms with Crippen LogP contribution in [0.2, 0.25) is 13.3 Å². The van der Waals surface area contributed by atoms with E-state index < -0.39 is 18.4 Å². The summed E-state index contributed by atoms with van der Waals surface area (Å²) < 4.78 is 4.10. The van der Waals surface area contributed by atoms with Crippen LogP contribution in [0.4, 0.5) is 0 Å². The zero-order chi connectivity index (χ0) is 15.8. The molecule has 1 saturated heterocycles. The summed E-state index contributed by atoms with van der Waals surface area (Å²) in [5.74, 6) is 0. The van der Waals surface area contributed by atoms with Gasteiger partial charge in [-0.15, -0.1) is 0 Å². The van der Waals surface area contributed by atoms with Gasteiger partial charge in [0.2, 0.25) is 0 Å². The number of piperidine rings is 1. The first-order chi connectivity index (χ1) is 10.0. The van der Waals surface area contributed by atoms with Crippen molar-refractivity contribution >= 4 is 18.4 Å². The first kappa shape index (κ1) is 19.8. The van der Waals surface area contributed by atoms with E-state index in [-0.39, 0.29) is 3.62 Å². The van der Waals surface area contributed by atoms with Gasteiger partial charge in [0.1, 0.15) is 0 Å². The Kier molecular flexibility index (Phi) is 9.19. The Balaban J connectivity index is 2.93. The van der Waals surface area contributed by atoms with E-state index in [1.54, 1.807) is 0 Å². The van der Waals surface area contributed by atoms with Crippen molar-refractivity contribution in [3.05, 3.63) is 0 Å². The standard InChI is InChI=1S/C6H12NO.3C4H9.Sn/c1-7-4-2-6(8)3-5-7;3*1-3-4-2;/h8H,2-5H2,1H3;3*1,3-4H2,2H3;. The van der Waals surface area contributed by atoms with Crippen LogP contribution in [0.15, 0.2) is 0 Å². The predicted molar refractivity (Wildman–Crippen MR) is 96.6 cm³/mol. The Morgan fingerprint density at radius 1 is 0.857 bits per heavy atom. The van der Waals surface area contributed by atoms with Crippen LogP contribution in [0.25, 0.3) is 0 Å². The summed E-state index contributed by atoms with van der Waals surface area (Å²) in [6.45, 7) is 9.16. The van der Waals surface area contributed by atoms with Crippen molar-refractivity contribution in [2.45, 2.75) is 89.1 Å². The number of unbranched alkanes of at least 4 members (excludes halogenated alkanes) is 3. The van der Waals surface area contributed by atoms with Crippen LogP contribution in [0.3, 0.4) is 0 Å². The SMILES string of the molecule is CCC[CH2][Sn]([CH2]CCC)([CH2]CCC)[C]1(O)CCN(C)CC1. The maximum atomic E-state index is 11.6. The van der Waals surface area contributed by atoms with Crippen LogP contribution in [0, 0.1) is 0 Å². The van der Waals surface area contributed by atoms with Crippen molar-refractivity contribution in [3.8, 4) is 0 Å². The predicted octanol–water partition coefficient (Wildman–Crippen LogP) is 4.83.